The molecule has 1 amide bonds. The van der Waals surface area contributed by atoms with Gasteiger partial charge in [0.1, 0.15) is 11.9 Å². The number of benzene rings is 1. The quantitative estimate of drug-likeness (QED) is 0.813. The number of anilines is 2. The van der Waals surface area contributed by atoms with Crippen LogP contribution >= 0.6 is 0 Å². The van der Waals surface area contributed by atoms with Gasteiger partial charge in [0.15, 0.2) is 0 Å². The minimum absolute atomic E-state index is 0.0730. The number of nitrogens with zero attached hydrogens (tertiary/aromatic N) is 3. The molecule has 1 aromatic heterocycles. The van der Waals surface area contributed by atoms with E-state index in [9.17, 15) is 10.1 Å². The lowest BCUT2D eigenvalue weighted by Crippen LogP contribution is -2.37. The maximum Gasteiger partial charge on any atom is 0.251 e. The van der Waals surface area contributed by atoms with E-state index in [0.717, 1.165) is 23.5 Å². The number of carbonyl (C=O) groups is 1. The van der Waals surface area contributed by atoms with E-state index in [-0.39, 0.29) is 11.8 Å². The average Bonchev–Trinajstić information content (AvgIpc) is 2.80. The lowest BCUT2D eigenvalue weighted by atomic mass is 9.93. The van der Waals surface area contributed by atoms with E-state index >= 15 is 0 Å². The molecule has 1 aromatic carbocycles. The molecule has 0 radical (unpaired) electrons. The van der Waals surface area contributed by atoms with Gasteiger partial charge in [0.25, 0.3) is 5.91 Å². The largest absolute Gasteiger partial charge is 0.472 e. The van der Waals surface area contributed by atoms with Crippen molar-refractivity contribution in [1.29, 1.82) is 5.26 Å². The van der Waals surface area contributed by atoms with Crippen LogP contribution in [0.25, 0.3) is 0 Å². The lowest BCUT2D eigenvalue weighted by molar-refractivity contribution is -0.113. The third kappa shape index (κ3) is 4.08. The molecule has 2 aliphatic heterocycles. The first-order chi connectivity index (χ1) is 15.0. The Kier molecular flexibility index (Phi) is 5.59. The van der Waals surface area contributed by atoms with Gasteiger partial charge < -0.3 is 15.0 Å². The topological polar surface area (TPSA) is 78.3 Å². The molecule has 3 heterocycles. The highest BCUT2D eigenvalue weighted by Gasteiger charge is 2.31. The van der Waals surface area contributed by atoms with E-state index in [1.165, 1.54) is 6.26 Å². The van der Waals surface area contributed by atoms with E-state index in [1.54, 1.807) is 48.7 Å². The van der Waals surface area contributed by atoms with E-state index < -0.39 is 5.60 Å². The van der Waals surface area contributed by atoms with Gasteiger partial charge in [-0.1, -0.05) is 37.3 Å². The second kappa shape index (κ2) is 8.49. The van der Waals surface area contributed by atoms with E-state index in [1.807, 2.05) is 25.1 Å². The molecule has 6 nitrogen and oxygen atoms in total. The summed E-state index contributed by atoms with van der Waals surface area (Å²) in [6.45, 7) is 5.48. The summed E-state index contributed by atoms with van der Waals surface area (Å²) >= 11 is 0. The Morgan fingerprint density at radius 3 is 2.74 bits per heavy atom. The number of rotatable bonds is 4. The fourth-order valence-corrected chi connectivity index (χ4v) is 3.93. The standard InChI is InChI=1S/C25H24N4O2/c1-18-6-5-13-27-23(18)29-14-11-22(19(2)16-29)24(30)28-21-9-7-20(8-10-21)25(17-26)12-3-4-15-31-25/h3-13,15,19H,14,16H2,1-2H3,(H,28,30). The number of ether oxygens (including phenoxy) is 1. The first kappa shape index (κ1) is 20.4. The second-order valence-electron chi connectivity index (χ2n) is 7.79. The van der Waals surface area contributed by atoms with E-state index in [0.29, 0.717) is 17.8 Å². The highest BCUT2D eigenvalue weighted by molar-refractivity contribution is 6.04. The molecule has 0 aliphatic carbocycles. The van der Waals surface area contributed by atoms with Crippen LogP contribution in [-0.4, -0.2) is 24.0 Å². The van der Waals surface area contributed by atoms with Crippen molar-refractivity contribution in [3.8, 4) is 6.07 Å². The molecule has 2 atom stereocenters. The van der Waals surface area contributed by atoms with Gasteiger partial charge in [-0.25, -0.2) is 4.98 Å². The lowest BCUT2D eigenvalue weighted by Gasteiger charge is -2.32. The molecule has 4 rings (SSSR count). The normalized spacial score (nSPS) is 22.3. The Bertz CT molecular complexity index is 1110. The summed E-state index contributed by atoms with van der Waals surface area (Å²) in [5.41, 5.74) is 2.14. The predicted octanol–water partition coefficient (Wildman–Crippen LogP) is 4.23. The van der Waals surface area contributed by atoms with Crippen LogP contribution in [0.15, 0.2) is 78.7 Å². The first-order valence-electron chi connectivity index (χ1n) is 10.2. The zero-order chi connectivity index (χ0) is 21.8. The molecule has 0 saturated carbocycles. The maximum atomic E-state index is 12.9. The fraction of sp³-hybridized carbons (Fsp3) is 0.240. The van der Waals surface area contributed by atoms with Gasteiger partial charge in [-0.05, 0) is 42.8 Å². The third-order valence-electron chi connectivity index (χ3n) is 5.61. The molecule has 0 spiro atoms. The highest BCUT2D eigenvalue weighted by Crippen LogP contribution is 2.31. The summed E-state index contributed by atoms with van der Waals surface area (Å²) in [6.07, 6.45) is 10.5. The molecule has 6 heteroatoms. The second-order valence-corrected chi connectivity index (χ2v) is 7.79. The van der Waals surface area contributed by atoms with Crippen molar-refractivity contribution in [2.24, 2.45) is 5.92 Å². The Hall–Kier alpha value is -3.85. The number of hydrogen-bond acceptors (Lipinski definition) is 5. The summed E-state index contributed by atoms with van der Waals surface area (Å²) in [5.74, 6) is 0.925. The predicted molar refractivity (Wildman–Crippen MR) is 120 cm³/mol. The number of aromatic nitrogens is 1. The van der Waals surface area contributed by atoms with Crippen molar-refractivity contribution in [2.75, 3.05) is 23.3 Å². The molecular weight excluding hydrogens is 388 g/mol. The number of allylic oxidation sites excluding steroid dienone is 2. The molecule has 2 aromatic rings. The Morgan fingerprint density at radius 2 is 2.10 bits per heavy atom. The number of amides is 1. The van der Waals surface area contributed by atoms with Crippen molar-refractivity contribution in [3.05, 3.63) is 89.9 Å². The smallest absolute Gasteiger partial charge is 0.251 e. The van der Waals surface area contributed by atoms with Crippen LogP contribution in [0, 0.1) is 24.2 Å². The van der Waals surface area contributed by atoms with Gasteiger partial charge in [-0.3, -0.25) is 4.79 Å². The van der Waals surface area contributed by atoms with Crippen LogP contribution in [0.1, 0.15) is 18.1 Å². The van der Waals surface area contributed by atoms with Crippen LogP contribution < -0.4 is 10.2 Å². The zero-order valence-corrected chi connectivity index (χ0v) is 17.6. The third-order valence-corrected chi connectivity index (χ3v) is 5.61. The minimum Gasteiger partial charge on any atom is -0.472 e. The minimum atomic E-state index is -1.13. The van der Waals surface area contributed by atoms with Crippen molar-refractivity contribution in [1.82, 2.24) is 4.98 Å². The van der Waals surface area contributed by atoms with Crippen molar-refractivity contribution >= 4 is 17.4 Å². The average molecular weight is 412 g/mol. The van der Waals surface area contributed by atoms with E-state index in [2.05, 4.69) is 28.2 Å². The first-order valence-corrected chi connectivity index (χ1v) is 10.2. The van der Waals surface area contributed by atoms with Crippen LogP contribution in [0.4, 0.5) is 11.5 Å². The van der Waals surface area contributed by atoms with Crippen LogP contribution in [0.2, 0.25) is 0 Å². The van der Waals surface area contributed by atoms with Gasteiger partial charge in [-0.2, -0.15) is 5.26 Å². The Balaban J connectivity index is 1.45. The summed E-state index contributed by atoms with van der Waals surface area (Å²) in [4.78, 5) is 19.6. The van der Waals surface area contributed by atoms with Crippen molar-refractivity contribution in [3.63, 3.8) is 0 Å². The molecule has 0 bridgehead atoms. The summed E-state index contributed by atoms with van der Waals surface area (Å²) in [6, 6.07) is 13.4. The number of nitriles is 1. The molecular formula is C25H24N4O2. The number of aryl methyl sites for hydroxylation is 1. The van der Waals surface area contributed by atoms with Crippen molar-refractivity contribution < 1.29 is 9.53 Å². The number of carbonyl (C=O) groups excluding carboxylic acids is 1. The van der Waals surface area contributed by atoms with Gasteiger partial charge >= 0.3 is 0 Å². The monoisotopic (exact) mass is 412 g/mol. The highest BCUT2D eigenvalue weighted by atomic mass is 16.5. The molecule has 2 aliphatic rings. The maximum absolute atomic E-state index is 12.9. The van der Waals surface area contributed by atoms with Gasteiger partial charge in [0.05, 0.1) is 6.26 Å². The van der Waals surface area contributed by atoms with Crippen LogP contribution in [-0.2, 0) is 15.1 Å². The molecule has 156 valence electrons. The molecule has 0 fully saturated rings. The fourth-order valence-electron chi connectivity index (χ4n) is 3.93. The zero-order valence-electron chi connectivity index (χ0n) is 17.6. The summed E-state index contributed by atoms with van der Waals surface area (Å²) in [7, 11) is 0. The molecule has 1 N–H and O–H groups in total. The van der Waals surface area contributed by atoms with Crippen LogP contribution in [0.5, 0.6) is 0 Å². The van der Waals surface area contributed by atoms with E-state index in [4.69, 9.17) is 4.74 Å². The SMILES string of the molecule is Cc1cccnc1N1CC=C(C(=O)Nc2ccc(C3(C#N)C=CC=CO3)cc2)C(C)C1. The van der Waals surface area contributed by atoms with Gasteiger partial charge in [0.2, 0.25) is 5.60 Å². The number of nitrogens with one attached hydrogen (secondary N) is 1. The van der Waals surface area contributed by atoms with Gasteiger partial charge in [-0.15, -0.1) is 0 Å². The Labute approximate surface area is 182 Å². The number of hydrogen-bond donors (Lipinski definition) is 1. The molecule has 31 heavy (non-hydrogen) atoms. The Morgan fingerprint density at radius 1 is 1.29 bits per heavy atom. The summed E-state index contributed by atoms with van der Waals surface area (Å²) < 4.78 is 5.55. The number of pyridine rings is 1. The van der Waals surface area contributed by atoms with Gasteiger partial charge in [0, 0.05) is 42.0 Å². The van der Waals surface area contributed by atoms with Crippen molar-refractivity contribution in [2.45, 2.75) is 19.4 Å². The molecule has 0 saturated heterocycles. The van der Waals surface area contributed by atoms with Crippen LogP contribution in [0.3, 0.4) is 0 Å². The summed E-state index contributed by atoms with van der Waals surface area (Å²) in [5, 5.41) is 12.6. The molecule has 2 unspecified atom stereocenters.